The Bertz CT molecular complexity index is 611. The molecule has 0 radical (unpaired) electrons. The zero-order valence-electron chi connectivity index (χ0n) is 13.7. The lowest BCUT2D eigenvalue weighted by molar-refractivity contribution is -0.139. The fraction of sp³-hybridized carbons (Fsp3) is 0.529. The molecule has 2 aliphatic heterocycles. The highest BCUT2D eigenvalue weighted by molar-refractivity contribution is 6.30. The number of hydrogen-bond donors (Lipinski definition) is 1. The summed E-state index contributed by atoms with van der Waals surface area (Å²) in [5.41, 5.74) is 1.04. The zero-order chi connectivity index (χ0) is 16.4. The molecule has 2 aliphatic rings. The molecule has 2 fully saturated rings. The number of amides is 2. The Morgan fingerprint density at radius 1 is 1.42 bits per heavy atom. The molecule has 0 aliphatic carbocycles. The van der Waals surface area contributed by atoms with E-state index in [9.17, 15) is 9.59 Å². The molecule has 2 atom stereocenters. The Balaban J connectivity index is 0.00000208. The van der Waals surface area contributed by atoms with Gasteiger partial charge in [0.15, 0.2) is 0 Å². The Morgan fingerprint density at radius 3 is 2.88 bits per heavy atom. The Labute approximate surface area is 153 Å². The van der Waals surface area contributed by atoms with Gasteiger partial charge in [-0.25, -0.2) is 0 Å². The van der Waals surface area contributed by atoms with E-state index in [2.05, 4.69) is 5.32 Å². The maximum atomic E-state index is 13.0. The van der Waals surface area contributed by atoms with Crippen molar-refractivity contribution in [3.63, 3.8) is 0 Å². The van der Waals surface area contributed by atoms with E-state index in [4.69, 9.17) is 11.6 Å². The number of carbonyl (C=O) groups is 2. The van der Waals surface area contributed by atoms with Crippen molar-refractivity contribution in [1.82, 2.24) is 15.1 Å². The average Bonchev–Trinajstić information content (AvgIpc) is 2.95. The minimum absolute atomic E-state index is 0. The van der Waals surface area contributed by atoms with Crippen molar-refractivity contribution >= 4 is 35.8 Å². The van der Waals surface area contributed by atoms with Gasteiger partial charge in [0.1, 0.15) is 0 Å². The van der Waals surface area contributed by atoms with Crippen LogP contribution in [0.4, 0.5) is 0 Å². The summed E-state index contributed by atoms with van der Waals surface area (Å²) in [5, 5.41) is 4.02. The van der Waals surface area contributed by atoms with Crippen molar-refractivity contribution in [2.75, 3.05) is 32.7 Å². The summed E-state index contributed by atoms with van der Waals surface area (Å²) in [6, 6.07) is 7.63. The van der Waals surface area contributed by atoms with Gasteiger partial charge in [0.2, 0.25) is 11.8 Å². The third kappa shape index (κ3) is 3.85. The van der Waals surface area contributed by atoms with Crippen LogP contribution in [0.2, 0.25) is 5.02 Å². The number of piperazine rings is 1. The molecule has 0 spiro atoms. The molecule has 3 rings (SSSR count). The number of benzene rings is 1. The summed E-state index contributed by atoms with van der Waals surface area (Å²) < 4.78 is 0. The lowest BCUT2D eigenvalue weighted by Crippen LogP contribution is -2.50. The molecule has 2 heterocycles. The standard InChI is InChI=1S/C17H22ClN3O2.ClH/c1-2-20-11-13(9-16(20)22)17(23)21-7-6-19-10-15(21)12-4-3-5-14(18)8-12;/h3-5,8,13,15,19H,2,6-7,9-11H2,1H3;1H. The van der Waals surface area contributed by atoms with Crippen molar-refractivity contribution in [3.05, 3.63) is 34.9 Å². The van der Waals surface area contributed by atoms with Gasteiger partial charge in [0.05, 0.1) is 12.0 Å². The van der Waals surface area contributed by atoms with Crippen LogP contribution in [0.1, 0.15) is 24.9 Å². The number of likely N-dealkylation sites (tertiary alicyclic amines) is 1. The number of hydrogen-bond acceptors (Lipinski definition) is 3. The second kappa shape index (κ2) is 8.19. The second-order valence-electron chi connectivity index (χ2n) is 6.14. The topological polar surface area (TPSA) is 52.7 Å². The largest absolute Gasteiger partial charge is 0.342 e. The molecule has 0 aromatic heterocycles. The quantitative estimate of drug-likeness (QED) is 0.884. The molecule has 24 heavy (non-hydrogen) atoms. The minimum Gasteiger partial charge on any atom is -0.342 e. The Hall–Kier alpha value is -1.30. The van der Waals surface area contributed by atoms with E-state index in [1.165, 1.54) is 0 Å². The van der Waals surface area contributed by atoms with E-state index in [1.54, 1.807) is 4.90 Å². The summed E-state index contributed by atoms with van der Waals surface area (Å²) in [6.07, 6.45) is 0.332. The molecule has 2 amide bonds. The maximum Gasteiger partial charge on any atom is 0.228 e. The van der Waals surface area contributed by atoms with Crippen molar-refractivity contribution in [2.24, 2.45) is 5.92 Å². The summed E-state index contributed by atoms with van der Waals surface area (Å²) in [6.45, 7) is 5.31. The van der Waals surface area contributed by atoms with E-state index < -0.39 is 0 Å². The van der Waals surface area contributed by atoms with Gasteiger partial charge in [-0.15, -0.1) is 12.4 Å². The van der Waals surface area contributed by atoms with Gasteiger partial charge in [0.25, 0.3) is 0 Å². The normalized spacial score (nSPS) is 24.0. The first kappa shape index (κ1) is 19.0. The fourth-order valence-corrected chi connectivity index (χ4v) is 3.66. The van der Waals surface area contributed by atoms with Crippen LogP contribution in [0.25, 0.3) is 0 Å². The smallest absolute Gasteiger partial charge is 0.228 e. The summed E-state index contributed by atoms with van der Waals surface area (Å²) in [5.74, 6) is -0.0525. The van der Waals surface area contributed by atoms with Crippen molar-refractivity contribution in [2.45, 2.75) is 19.4 Å². The molecule has 0 bridgehead atoms. The van der Waals surface area contributed by atoms with Crippen molar-refractivity contribution < 1.29 is 9.59 Å². The van der Waals surface area contributed by atoms with E-state index >= 15 is 0 Å². The molecule has 2 saturated heterocycles. The molecule has 5 nitrogen and oxygen atoms in total. The predicted molar refractivity (Wildman–Crippen MR) is 96.4 cm³/mol. The highest BCUT2D eigenvalue weighted by Gasteiger charge is 2.38. The number of halogens is 2. The molecule has 0 saturated carbocycles. The molecule has 2 unspecified atom stereocenters. The highest BCUT2D eigenvalue weighted by atomic mass is 35.5. The Kier molecular flexibility index (Phi) is 6.49. The molecular weight excluding hydrogens is 349 g/mol. The van der Waals surface area contributed by atoms with Gasteiger partial charge in [-0.2, -0.15) is 0 Å². The van der Waals surface area contributed by atoms with Crippen LogP contribution in [0.5, 0.6) is 0 Å². The molecule has 132 valence electrons. The minimum atomic E-state index is -0.220. The molecule has 1 aromatic carbocycles. The number of nitrogens with zero attached hydrogens (tertiary/aromatic N) is 2. The monoisotopic (exact) mass is 371 g/mol. The number of nitrogens with one attached hydrogen (secondary N) is 1. The van der Waals surface area contributed by atoms with Gasteiger partial charge in [-0.3, -0.25) is 9.59 Å². The van der Waals surface area contributed by atoms with E-state index in [1.807, 2.05) is 36.1 Å². The van der Waals surface area contributed by atoms with Crippen LogP contribution >= 0.6 is 24.0 Å². The lowest BCUT2D eigenvalue weighted by atomic mass is 9.99. The summed E-state index contributed by atoms with van der Waals surface area (Å²) in [4.78, 5) is 28.6. The van der Waals surface area contributed by atoms with E-state index in [-0.39, 0.29) is 36.2 Å². The zero-order valence-corrected chi connectivity index (χ0v) is 15.3. The number of carbonyl (C=O) groups excluding carboxylic acids is 2. The van der Waals surface area contributed by atoms with Crippen LogP contribution in [-0.4, -0.2) is 54.3 Å². The molecular formula is C17H23Cl2N3O2. The number of rotatable bonds is 3. The molecule has 1 N–H and O–H groups in total. The lowest BCUT2D eigenvalue weighted by Gasteiger charge is -2.38. The second-order valence-corrected chi connectivity index (χ2v) is 6.58. The molecule has 1 aromatic rings. The fourth-order valence-electron chi connectivity index (χ4n) is 3.46. The van der Waals surface area contributed by atoms with Crippen molar-refractivity contribution in [1.29, 1.82) is 0 Å². The van der Waals surface area contributed by atoms with Gasteiger partial charge >= 0.3 is 0 Å². The first-order valence-electron chi connectivity index (χ1n) is 8.14. The van der Waals surface area contributed by atoms with E-state index in [0.29, 0.717) is 37.6 Å². The summed E-state index contributed by atoms with van der Waals surface area (Å²) in [7, 11) is 0. The van der Waals surface area contributed by atoms with Crippen LogP contribution in [0, 0.1) is 5.92 Å². The van der Waals surface area contributed by atoms with Gasteiger partial charge < -0.3 is 15.1 Å². The van der Waals surface area contributed by atoms with Crippen LogP contribution < -0.4 is 5.32 Å². The van der Waals surface area contributed by atoms with Gasteiger partial charge in [0, 0.05) is 44.2 Å². The van der Waals surface area contributed by atoms with Crippen LogP contribution in [0.3, 0.4) is 0 Å². The van der Waals surface area contributed by atoms with Gasteiger partial charge in [-0.05, 0) is 24.6 Å². The van der Waals surface area contributed by atoms with Crippen molar-refractivity contribution in [3.8, 4) is 0 Å². The maximum absolute atomic E-state index is 13.0. The summed E-state index contributed by atoms with van der Waals surface area (Å²) >= 11 is 6.10. The van der Waals surface area contributed by atoms with Crippen LogP contribution in [0.15, 0.2) is 24.3 Å². The predicted octanol–water partition coefficient (Wildman–Crippen LogP) is 2.10. The van der Waals surface area contributed by atoms with Gasteiger partial charge in [-0.1, -0.05) is 23.7 Å². The third-order valence-electron chi connectivity index (χ3n) is 4.71. The first-order valence-corrected chi connectivity index (χ1v) is 8.52. The SMILES string of the molecule is CCN1CC(C(=O)N2CCNCC2c2cccc(Cl)c2)CC1=O.Cl. The highest BCUT2D eigenvalue weighted by Crippen LogP contribution is 2.28. The Morgan fingerprint density at radius 2 is 2.21 bits per heavy atom. The van der Waals surface area contributed by atoms with Crippen LogP contribution in [-0.2, 0) is 9.59 Å². The third-order valence-corrected chi connectivity index (χ3v) is 4.94. The first-order chi connectivity index (χ1) is 11.1. The molecule has 7 heteroatoms. The van der Waals surface area contributed by atoms with E-state index in [0.717, 1.165) is 12.1 Å². The average molecular weight is 372 g/mol.